The molecule has 1 N–H and O–H groups in total. The predicted molar refractivity (Wildman–Crippen MR) is 40.4 cm³/mol. The molecule has 1 saturated heterocycles. The van der Waals surface area contributed by atoms with Crippen molar-refractivity contribution in [1.29, 1.82) is 0 Å². The van der Waals surface area contributed by atoms with Gasteiger partial charge in [-0.15, -0.1) is 0 Å². The zero-order valence-corrected chi connectivity index (χ0v) is 6.76. The summed E-state index contributed by atoms with van der Waals surface area (Å²) in [4.78, 5) is 10.4. The highest BCUT2D eigenvalue weighted by Gasteiger charge is 2.23. The summed E-state index contributed by atoms with van der Waals surface area (Å²) >= 11 is 0. The van der Waals surface area contributed by atoms with Gasteiger partial charge in [0.25, 0.3) is 0 Å². The van der Waals surface area contributed by atoms with Crippen LogP contribution in [-0.4, -0.2) is 23.8 Å². The minimum absolute atomic E-state index is 0.282. The molecule has 62 valence electrons. The highest BCUT2D eigenvalue weighted by molar-refractivity contribution is 5.86. The molecule has 1 heterocycles. The van der Waals surface area contributed by atoms with Crippen molar-refractivity contribution < 1.29 is 14.6 Å². The molecule has 1 rings (SSSR count). The number of aliphatic carboxylic acids is 1. The van der Waals surface area contributed by atoms with Crippen molar-refractivity contribution in [3.8, 4) is 0 Å². The molecule has 0 saturated carbocycles. The van der Waals surface area contributed by atoms with E-state index in [9.17, 15) is 4.79 Å². The zero-order chi connectivity index (χ0) is 8.43. The van der Waals surface area contributed by atoms with Gasteiger partial charge >= 0.3 is 5.97 Å². The summed E-state index contributed by atoms with van der Waals surface area (Å²) in [6, 6.07) is 0. The topological polar surface area (TPSA) is 49.8 Å². The molecular weight excluding hydrogens is 144 g/mol. The maximum Gasteiger partial charge on any atom is 0.331 e. The lowest BCUT2D eigenvalue weighted by molar-refractivity contribution is -0.132. The summed E-state index contributed by atoms with van der Waals surface area (Å²) in [6.07, 6.45) is 1.04. The van der Waals surface area contributed by atoms with E-state index in [1.807, 2.05) is 6.92 Å². The van der Waals surface area contributed by atoms with Gasteiger partial charge in [0.2, 0.25) is 0 Å². The van der Waals surface area contributed by atoms with Gasteiger partial charge in [-0.2, -0.15) is 0 Å². The fourth-order valence-electron chi connectivity index (χ4n) is 0.863. The molecule has 3 heteroatoms. The first-order chi connectivity index (χ1) is 5.11. The third kappa shape index (κ3) is 2.35. The second kappa shape index (κ2) is 3.05. The molecule has 3 nitrogen and oxygen atoms in total. The molecule has 11 heavy (non-hydrogen) atoms. The molecule has 0 spiro atoms. The highest BCUT2D eigenvalue weighted by atomic mass is 16.6. The minimum atomic E-state index is -0.830. The number of rotatable bonds is 3. The van der Waals surface area contributed by atoms with E-state index in [0.717, 1.165) is 18.6 Å². The van der Waals surface area contributed by atoms with Crippen LogP contribution in [0.4, 0.5) is 0 Å². The SMILES string of the molecule is C/C(C[C@H]1CO1)=C(\C)C(=O)O. The van der Waals surface area contributed by atoms with Crippen LogP contribution in [0.25, 0.3) is 0 Å². The molecule has 0 amide bonds. The van der Waals surface area contributed by atoms with Crippen molar-refractivity contribution in [2.45, 2.75) is 26.4 Å². The number of carboxylic acids is 1. The molecule has 1 fully saturated rings. The minimum Gasteiger partial charge on any atom is -0.478 e. The summed E-state index contributed by atoms with van der Waals surface area (Å²) in [5, 5.41) is 8.59. The third-order valence-electron chi connectivity index (χ3n) is 1.90. The summed E-state index contributed by atoms with van der Waals surface area (Å²) in [7, 11) is 0. The van der Waals surface area contributed by atoms with Crippen molar-refractivity contribution in [2.75, 3.05) is 6.61 Å². The molecule has 0 aromatic rings. The second-order valence-corrected chi connectivity index (χ2v) is 2.87. The Balaban J connectivity index is 2.52. The van der Waals surface area contributed by atoms with Crippen LogP contribution in [0.2, 0.25) is 0 Å². The summed E-state index contributed by atoms with van der Waals surface area (Å²) in [6.45, 7) is 4.25. The fraction of sp³-hybridized carbons (Fsp3) is 0.625. The molecule has 0 radical (unpaired) electrons. The summed E-state index contributed by atoms with van der Waals surface area (Å²) in [5.74, 6) is -0.830. The Bertz CT molecular complexity index is 201. The smallest absolute Gasteiger partial charge is 0.331 e. The lowest BCUT2D eigenvalue weighted by atomic mass is 10.1. The van der Waals surface area contributed by atoms with Crippen molar-refractivity contribution in [3.05, 3.63) is 11.1 Å². The summed E-state index contributed by atoms with van der Waals surface area (Å²) < 4.78 is 4.98. The van der Waals surface area contributed by atoms with Crippen LogP contribution in [0, 0.1) is 0 Å². The van der Waals surface area contributed by atoms with Crippen molar-refractivity contribution >= 4 is 5.97 Å². The van der Waals surface area contributed by atoms with E-state index in [2.05, 4.69) is 0 Å². The first kappa shape index (κ1) is 8.27. The number of ether oxygens (including phenoxy) is 1. The second-order valence-electron chi connectivity index (χ2n) is 2.87. The van der Waals surface area contributed by atoms with Gasteiger partial charge in [-0.25, -0.2) is 4.79 Å². The van der Waals surface area contributed by atoms with Gasteiger partial charge in [0, 0.05) is 5.57 Å². The van der Waals surface area contributed by atoms with E-state index in [-0.39, 0.29) is 6.10 Å². The molecule has 0 aromatic carbocycles. The Kier molecular flexibility index (Phi) is 2.29. The van der Waals surface area contributed by atoms with E-state index in [1.54, 1.807) is 6.92 Å². The van der Waals surface area contributed by atoms with E-state index < -0.39 is 5.97 Å². The Morgan fingerprint density at radius 2 is 2.18 bits per heavy atom. The third-order valence-corrected chi connectivity index (χ3v) is 1.90. The maximum atomic E-state index is 10.4. The van der Waals surface area contributed by atoms with Crippen LogP contribution in [0.15, 0.2) is 11.1 Å². The van der Waals surface area contributed by atoms with Gasteiger partial charge in [-0.3, -0.25) is 0 Å². The average molecular weight is 156 g/mol. The van der Waals surface area contributed by atoms with E-state index in [0.29, 0.717) is 5.57 Å². The van der Waals surface area contributed by atoms with Crippen LogP contribution in [0.1, 0.15) is 20.3 Å². The standard InChI is InChI=1S/C8H12O3/c1-5(3-7-4-11-7)6(2)8(9)10/h7H,3-4H2,1-2H3,(H,9,10)/b6-5-/t7-/m0/s1. The number of hydrogen-bond donors (Lipinski definition) is 1. The highest BCUT2D eigenvalue weighted by Crippen LogP contribution is 2.20. The van der Waals surface area contributed by atoms with E-state index in [4.69, 9.17) is 9.84 Å². The van der Waals surface area contributed by atoms with Crippen LogP contribution in [0.5, 0.6) is 0 Å². The molecule has 0 bridgehead atoms. The maximum absolute atomic E-state index is 10.4. The number of epoxide rings is 1. The van der Waals surface area contributed by atoms with Gasteiger partial charge in [0.1, 0.15) is 0 Å². The van der Waals surface area contributed by atoms with Gasteiger partial charge in [-0.05, 0) is 20.3 Å². The molecule has 0 aliphatic carbocycles. The van der Waals surface area contributed by atoms with Gasteiger partial charge in [0.15, 0.2) is 0 Å². The van der Waals surface area contributed by atoms with Crippen LogP contribution < -0.4 is 0 Å². The summed E-state index contributed by atoms with van der Waals surface area (Å²) in [5.41, 5.74) is 1.36. The van der Waals surface area contributed by atoms with Gasteiger partial charge < -0.3 is 9.84 Å². The largest absolute Gasteiger partial charge is 0.478 e. The average Bonchev–Trinajstić information content (AvgIpc) is 2.69. The first-order valence-corrected chi connectivity index (χ1v) is 3.62. The predicted octanol–water partition coefficient (Wildman–Crippen LogP) is 1.20. The quantitative estimate of drug-likeness (QED) is 0.493. The molecule has 1 aliphatic rings. The van der Waals surface area contributed by atoms with Crippen molar-refractivity contribution in [3.63, 3.8) is 0 Å². The molecule has 0 aromatic heterocycles. The Morgan fingerprint density at radius 3 is 2.55 bits per heavy atom. The normalized spacial score (nSPS) is 24.4. The van der Waals surface area contributed by atoms with Crippen LogP contribution >= 0.6 is 0 Å². The molecule has 0 unspecified atom stereocenters. The Labute approximate surface area is 65.7 Å². The Hall–Kier alpha value is -0.830. The van der Waals surface area contributed by atoms with Gasteiger partial charge in [-0.1, -0.05) is 5.57 Å². The van der Waals surface area contributed by atoms with Gasteiger partial charge in [0.05, 0.1) is 12.7 Å². The Morgan fingerprint density at radius 1 is 1.64 bits per heavy atom. The molecule has 1 atom stereocenters. The van der Waals surface area contributed by atoms with Crippen LogP contribution in [-0.2, 0) is 9.53 Å². The molecular formula is C8H12O3. The first-order valence-electron chi connectivity index (χ1n) is 3.62. The number of carboxylic acid groups (broad SMARTS) is 1. The van der Waals surface area contributed by atoms with E-state index >= 15 is 0 Å². The number of carbonyl (C=O) groups is 1. The molecule has 1 aliphatic heterocycles. The monoisotopic (exact) mass is 156 g/mol. The van der Waals surface area contributed by atoms with Crippen molar-refractivity contribution in [2.24, 2.45) is 0 Å². The zero-order valence-electron chi connectivity index (χ0n) is 6.76. The van der Waals surface area contributed by atoms with Crippen molar-refractivity contribution in [1.82, 2.24) is 0 Å². The fourth-order valence-corrected chi connectivity index (χ4v) is 0.863. The number of hydrogen-bond acceptors (Lipinski definition) is 2. The van der Waals surface area contributed by atoms with Crippen LogP contribution in [0.3, 0.4) is 0 Å². The lowest BCUT2D eigenvalue weighted by Crippen LogP contribution is -2.01. The van der Waals surface area contributed by atoms with E-state index in [1.165, 1.54) is 0 Å². The lowest BCUT2D eigenvalue weighted by Gasteiger charge is -1.99.